The van der Waals surface area contributed by atoms with Crippen LogP contribution >= 0.6 is 23.4 Å². The Morgan fingerprint density at radius 2 is 1.61 bits per heavy atom. The minimum atomic E-state index is -0.783. The summed E-state index contributed by atoms with van der Waals surface area (Å²) in [7, 11) is 0. The van der Waals surface area contributed by atoms with E-state index < -0.39 is 11.9 Å². The highest BCUT2D eigenvalue weighted by molar-refractivity contribution is 7.99. The van der Waals surface area contributed by atoms with Crippen LogP contribution < -0.4 is 5.32 Å². The minimum Gasteiger partial charge on any atom is -0.352 e. The zero-order valence-corrected chi connectivity index (χ0v) is 22.2. The quantitative estimate of drug-likeness (QED) is 0.303. The van der Waals surface area contributed by atoms with E-state index in [2.05, 4.69) is 5.32 Å². The molecule has 190 valence electrons. The second-order valence-corrected chi connectivity index (χ2v) is 10.1. The molecule has 2 atom stereocenters. The van der Waals surface area contributed by atoms with Crippen LogP contribution in [-0.2, 0) is 28.3 Å². The van der Waals surface area contributed by atoms with Crippen LogP contribution in [0.5, 0.6) is 0 Å². The number of nitrogens with one attached hydrogen (secondary N) is 1. The van der Waals surface area contributed by atoms with Gasteiger partial charge in [-0.15, -0.1) is 11.8 Å². The first-order valence-electron chi connectivity index (χ1n) is 12.1. The van der Waals surface area contributed by atoms with Gasteiger partial charge in [0, 0.05) is 35.3 Å². The van der Waals surface area contributed by atoms with E-state index in [1.807, 2.05) is 68.4 Å². The summed E-state index contributed by atoms with van der Waals surface area (Å²) < 4.78 is 14.6. The number of halogens is 2. The molecule has 36 heavy (non-hydrogen) atoms. The van der Waals surface area contributed by atoms with Crippen LogP contribution in [0.15, 0.2) is 78.9 Å². The molecule has 3 aromatic rings. The number of hydrogen-bond acceptors (Lipinski definition) is 3. The third-order valence-corrected chi connectivity index (χ3v) is 7.35. The molecule has 0 radical (unpaired) electrons. The van der Waals surface area contributed by atoms with Crippen LogP contribution in [-0.4, -0.2) is 34.6 Å². The number of rotatable bonds is 12. The lowest BCUT2D eigenvalue weighted by Crippen LogP contribution is -2.52. The van der Waals surface area contributed by atoms with Gasteiger partial charge in [0.05, 0.1) is 5.75 Å². The highest BCUT2D eigenvalue weighted by Crippen LogP contribution is 2.23. The van der Waals surface area contributed by atoms with Crippen LogP contribution in [0, 0.1) is 5.82 Å². The standard InChI is InChI=1S/C29H32ClFN2O2S/c1-3-21(2)32-29(35)27(17-22-11-5-4-6-12-22)33(18-23-13-8-10-16-26(23)31)28(34)20-36-19-24-14-7-9-15-25(24)30/h4-16,21,27H,3,17-20H2,1-2H3,(H,32,35)/t21-,27+/m1/s1. The first-order chi connectivity index (χ1) is 17.4. The van der Waals surface area contributed by atoms with Gasteiger partial charge < -0.3 is 10.2 Å². The SMILES string of the molecule is CC[C@@H](C)NC(=O)[C@H](Cc1ccccc1)N(Cc1ccccc1F)C(=O)CSCc1ccccc1Cl. The van der Waals surface area contributed by atoms with Gasteiger partial charge in [0.25, 0.3) is 0 Å². The van der Waals surface area contributed by atoms with E-state index in [0.717, 1.165) is 17.5 Å². The van der Waals surface area contributed by atoms with Crippen LogP contribution in [0.2, 0.25) is 5.02 Å². The van der Waals surface area contributed by atoms with Crippen LogP contribution in [0.4, 0.5) is 4.39 Å². The lowest BCUT2D eigenvalue weighted by Gasteiger charge is -2.32. The maximum atomic E-state index is 14.6. The summed E-state index contributed by atoms with van der Waals surface area (Å²) in [6.45, 7) is 3.92. The largest absolute Gasteiger partial charge is 0.352 e. The van der Waals surface area contributed by atoms with E-state index in [4.69, 9.17) is 11.6 Å². The Hall–Kier alpha value is -2.83. The number of carbonyl (C=O) groups excluding carboxylic acids is 2. The summed E-state index contributed by atoms with van der Waals surface area (Å²) in [5, 5.41) is 3.67. The Morgan fingerprint density at radius 1 is 0.972 bits per heavy atom. The van der Waals surface area contributed by atoms with E-state index in [1.165, 1.54) is 22.7 Å². The summed E-state index contributed by atoms with van der Waals surface area (Å²) in [4.78, 5) is 28.6. The summed E-state index contributed by atoms with van der Waals surface area (Å²) in [5.74, 6) is -0.174. The van der Waals surface area contributed by atoms with Gasteiger partial charge in [-0.2, -0.15) is 0 Å². The molecule has 4 nitrogen and oxygen atoms in total. The Kier molecular flexibility index (Phi) is 10.8. The second kappa shape index (κ2) is 14.0. The summed E-state index contributed by atoms with van der Waals surface area (Å²) in [6, 6.07) is 22.6. The molecule has 7 heteroatoms. The number of nitrogens with zero attached hydrogens (tertiary/aromatic N) is 1. The number of amides is 2. The molecule has 0 saturated carbocycles. The van der Waals surface area contributed by atoms with Crippen molar-refractivity contribution in [1.29, 1.82) is 0 Å². The number of thioether (sulfide) groups is 1. The van der Waals surface area contributed by atoms with Crippen LogP contribution in [0.1, 0.15) is 37.0 Å². The number of benzene rings is 3. The predicted molar refractivity (Wildman–Crippen MR) is 146 cm³/mol. The second-order valence-electron chi connectivity index (χ2n) is 8.72. The molecule has 0 fully saturated rings. The molecule has 0 aliphatic rings. The fraction of sp³-hybridized carbons (Fsp3) is 0.310. The van der Waals surface area contributed by atoms with Crippen molar-refractivity contribution in [3.05, 3.63) is 106 Å². The van der Waals surface area contributed by atoms with Crippen molar-refractivity contribution in [2.24, 2.45) is 0 Å². The average Bonchev–Trinajstić information content (AvgIpc) is 2.88. The van der Waals surface area contributed by atoms with E-state index in [-0.39, 0.29) is 30.2 Å². The maximum Gasteiger partial charge on any atom is 0.243 e. The van der Waals surface area contributed by atoms with Crippen molar-refractivity contribution in [3.63, 3.8) is 0 Å². The Morgan fingerprint density at radius 3 is 2.28 bits per heavy atom. The smallest absolute Gasteiger partial charge is 0.243 e. The van der Waals surface area contributed by atoms with Crippen molar-refractivity contribution in [3.8, 4) is 0 Å². The first kappa shape index (κ1) is 27.8. The van der Waals surface area contributed by atoms with Gasteiger partial charge in [0.1, 0.15) is 11.9 Å². The van der Waals surface area contributed by atoms with Gasteiger partial charge in [0.15, 0.2) is 0 Å². The number of carbonyl (C=O) groups is 2. The highest BCUT2D eigenvalue weighted by atomic mass is 35.5. The lowest BCUT2D eigenvalue weighted by atomic mass is 10.0. The average molecular weight is 527 g/mol. The van der Waals surface area contributed by atoms with Gasteiger partial charge in [-0.25, -0.2) is 4.39 Å². The van der Waals surface area contributed by atoms with Crippen molar-refractivity contribution in [1.82, 2.24) is 10.2 Å². The Labute approximate surface area is 222 Å². The summed E-state index contributed by atoms with van der Waals surface area (Å²) in [6.07, 6.45) is 1.09. The third kappa shape index (κ3) is 8.10. The third-order valence-electron chi connectivity index (χ3n) is 6.01. The predicted octanol–water partition coefficient (Wildman–Crippen LogP) is 6.27. The molecule has 0 heterocycles. The van der Waals surface area contributed by atoms with E-state index in [0.29, 0.717) is 22.8 Å². The fourth-order valence-electron chi connectivity index (χ4n) is 3.75. The van der Waals surface area contributed by atoms with Crippen molar-refractivity contribution >= 4 is 35.2 Å². The van der Waals surface area contributed by atoms with Crippen molar-refractivity contribution in [2.75, 3.05) is 5.75 Å². The van der Waals surface area contributed by atoms with Crippen molar-refractivity contribution < 1.29 is 14.0 Å². The Bertz CT molecular complexity index is 1140. The monoisotopic (exact) mass is 526 g/mol. The normalized spacial score (nSPS) is 12.6. The van der Waals surface area contributed by atoms with Crippen LogP contribution in [0.25, 0.3) is 0 Å². The molecule has 0 aliphatic heterocycles. The zero-order valence-electron chi connectivity index (χ0n) is 20.6. The van der Waals surface area contributed by atoms with Gasteiger partial charge >= 0.3 is 0 Å². The zero-order chi connectivity index (χ0) is 25.9. The minimum absolute atomic E-state index is 0.00356. The molecule has 3 aromatic carbocycles. The number of hydrogen-bond donors (Lipinski definition) is 1. The molecular weight excluding hydrogens is 495 g/mol. The molecule has 2 amide bonds. The van der Waals surface area contributed by atoms with E-state index in [9.17, 15) is 14.0 Å². The summed E-state index contributed by atoms with van der Waals surface area (Å²) in [5.41, 5.74) is 2.24. The highest BCUT2D eigenvalue weighted by Gasteiger charge is 2.31. The van der Waals surface area contributed by atoms with E-state index in [1.54, 1.807) is 18.2 Å². The van der Waals surface area contributed by atoms with Gasteiger partial charge in [-0.05, 0) is 36.6 Å². The fourth-order valence-corrected chi connectivity index (χ4v) is 4.95. The van der Waals surface area contributed by atoms with Gasteiger partial charge in [-0.3, -0.25) is 9.59 Å². The molecule has 0 aliphatic carbocycles. The molecule has 1 N–H and O–H groups in total. The summed E-state index contributed by atoms with van der Waals surface area (Å²) >= 11 is 7.69. The van der Waals surface area contributed by atoms with E-state index >= 15 is 0 Å². The molecule has 0 spiro atoms. The van der Waals surface area contributed by atoms with Gasteiger partial charge in [-0.1, -0.05) is 85.3 Å². The molecule has 0 saturated heterocycles. The molecule has 3 rings (SSSR count). The van der Waals surface area contributed by atoms with Crippen molar-refractivity contribution in [2.45, 2.75) is 51.1 Å². The molecule has 0 unspecified atom stereocenters. The molecular formula is C29H32ClFN2O2S. The van der Waals surface area contributed by atoms with Gasteiger partial charge in [0.2, 0.25) is 11.8 Å². The molecule has 0 bridgehead atoms. The topological polar surface area (TPSA) is 49.4 Å². The first-order valence-corrected chi connectivity index (χ1v) is 13.6. The lowest BCUT2D eigenvalue weighted by molar-refractivity contribution is -0.139. The Balaban J connectivity index is 1.87. The maximum absolute atomic E-state index is 14.6. The van der Waals surface area contributed by atoms with Crippen LogP contribution in [0.3, 0.4) is 0 Å². The molecule has 0 aromatic heterocycles.